The van der Waals surface area contributed by atoms with Gasteiger partial charge in [-0.3, -0.25) is 5.43 Å². The van der Waals surface area contributed by atoms with E-state index in [0.29, 0.717) is 39.9 Å². The molecule has 0 heterocycles. The number of hydrogen-bond donors (Lipinski definition) is 2. The van der Waals surface area contributed by atoms with E-state index in [9.17, 15) is 0 Å². The van der Waals surface area contributed by atoms with E-state index in [1.807, 2.05) is 38.1 Å². The summed E-state index contributed by atoms with van der Waals surface area (Å²) in [6, 6.07) is 11.0. The van der Waals surface area contributed by atoms with Gasteiger partial charge in [-0.2, -0.15) is 5.10 Å². The summed E-state index contributed by atoms with van der Waals surface area (Å²) in [7, 11) is 0. The average Bonchev–Trinajstić information content (AvgIpc) is 2.64. The molecule has 0 radical (unpaired) electrons. The first-order chi connectivity index (χ1) is 13.0. The van der Waals surface area contributed by atoms with Crippen LogP contribution in [0.4, 0.5) is 0 Å². The largest absolute Gasteiger partial charge is 0.490 e. The molecule has 0 saturated heterocycles. The van der Waals surface area contributed by atoms with Crippen LogP contribution in [0.5, 0.6) is 11.5 Å². The van der Waals surface area contributed by atoms with Crippen LogP contribution in [0.1, 0.15) is 25.0 Å². The molecule has 8 heteroatoms. The summed E-state index contributed by atoms with van der Waals surface area (Å²) < 4.78 is 11.6. The molecule has 0 aliphatic rings. The molecule has 0 aliphatic heterocycles. The standard InChI is InChI=1S/C19H21Cl2N3O2S/c1-3-22-19(27)24-23-11-13-6-8-17(18(10-13)25-4-2)26-12-14-5-7-15(20)16(21)9-14/h5-11H,3-4,12H2,1-2H3,(H2,22,24,27)/b23-11-. The molecule has 2 aromatic carbocycles. The van der Waals surface area contributed by atoms with Gasteiger partial charge < -0.3 is 14.8 Å². The number of ether oxygens (including phenoxy) is 2. The number of nitrogens with one attached hydrogen (secondary N) is 2. The highest BCUT2D eigenvalue weighted by Crippen LogP contribution is 2.29. The summed E-state index contributed by atoms with van der Waals surface area (Å²) in [5, 5.41) is 8.54. The topological polar surface area (TPSA) is 54.9 Å². The summed E-state index contributed by atoms with van der Waals surface area (Å²) in [5.41, 5.74) is 4.52. The normalized spacial score (nSPS) is 10.7. The lowest BCUT2D eigenvalue weighted by Crippen LogP contribution is -2.31. The first-order valence-electron chi connectivity index (χ1n) is 8.44. The Balaban J connectivity index is 2.06. The van der Waals surface area contributed by atoms with Gasteiger partial charge in [0.05, 0.1) is 22.9 Å². The van der Waals surface area contributed by atoms with E-state index < -0.39 is 0 Å². The van der Waals surface area contributed by atoms with Gasteiger partial charge in [0.1, 0.15) is 6.61 Å². The van der Waals surface area contributed by atoms with Crippen molar-refractivity contribution in [1.82, 2.24) is 10.7 Å². The quantitative estimate of drug-likeness (QED) is 0.361. The Morgan fingerprint density at radius 2 is 1.89 bits per heavy atom. The molecule has 0 unspecified atom stereocenters. The van der Waals surface area contributed by atoms with Crippen LogP contribution in [-0.4, -0.2) is 24.5 Å². The molecular weight excluding hydrogens is 405 g/mol. The fraction of sp³-hybridized carbons (Fsp3) is 0.263. The summed E-state index contributed by atoms with van der Waals surface area (Å²) in [4.78, 5) is 0. The van der Waals surface area contributed by atoms with Gasteiger partial charge in [0.25, 0.3) is 0 Å². The lowest BCUT2D eigenvalue weighted by atomic mass is 10.2. The van der Waals surface area contributed by atoms with Gasteiger partial charge in [0.15, 0.2) is 16.6 Å². The highest BCUT2D eigenvalue weighted by molar-refractivity contribution is 7.80. The molecule has 0 bridgehead atoms. The van der Waals surface area contributed by atoms with Crippen LogP contribution in [0.3, 0.4) is 0 Å². The summed E-state index contributed by atoms with van der Waals surface area (Å²) >= 11 is 17.0. The van der Waals surface area contributed by atoms with Crippen molar-refractivity contribution >= 4 is 46.7 Å². The third-order valence-electron chi connectivity index (χ3n) is 3.36. The van der Waals surface area contributed by atoms with Crippen molar-refractivity contribution < 1.29 is 9.47 Å². The van der Waals surface area contributed by atoms with Gasteiger partial charge >= 0.3 is 0 Å². The first kappa shape index (κ1) is 21.3. The molecule has 2 rings (SSSR count). The predicted molar refractivity (Wildman–Crippen MR) is 115 cm³/mol. The van der Waals surface area contributed by atoms with Crippen molar-refractivity contribution in [3.8, 4) is 11.5 Å². The zero-order valence-corrected chi connectivity index (χ0v) is 17.4. The van der Waals surface area contributed by atoms with Crippen molar-refractivity contribution in [3.05, 3.63) is 57.6 Å². The maximum atomic E-state index is 6.04. The summed E-state index contributed by atoms with van der Waals surface area (Å²) in [6.45, 7) is 5.48. The zero-order chi connectivity index (χ0) is 19.6. The Labute approximate surface area is 174 Å². The van der Waals surface area contributed by atoms with Gasteiger partial charge in [0.2, 0.25) is 0 Å². The molecule has 27 heavy (non-hydrogen) atoms. The molecule has 0 fully saturated rings. The molecule has 5 nitrogen and oxygen atoms in total. The maximum absolute atomic E-state index is 6.04. The van der Waals surface area contributed by atoms with Gasteiger partial charge in [-0.15, -0.1) is 0 Å². The van der Waals surface area contributed by atoms with Gasteiger partial charge in [-0.1, -0.05) is 29.3 Å². The van der Waals surface area contributed by atoms with Crippen LogP contribution in [0.25, 0.3) is 0 Å². The van der Waals surface area contributed by atoms with Crippen LogP contribution in [-0.2, 0) is 6.61 Å². The van der Waals surface area contributed by atoms with E-state index in [4.69, 9.17) is 44.9 Å². The lowest BCUT2D eigenvalue weighted by molar-refractivity contribution is 0.269. The van der Waals surface area contributed by atoms with E-state index in [0.717, 1.165) is 17.7 Å². The Bertz CT molecular complexity index is 816. The number of nitrogens with zero attached hydrogens (tertiary/aromatic N) is 1. The number of halogens is 2. The molecule has 0 aromatic heterocycles. The minimum atomic E-state index is 0.350. The fourth-order valence-electron chi connectivity index (χ4n) is 2.15. The van der Waals surface area contributed by atoms with Crippen molar-refractivity contribution in [3.63, 3.8) is 0 Å². The van der Waals surface area contributed by atoms with E-state index in [2.05, 4.69) is 15.8 Å². The molecule has 0 spiro atoms. The second-order valence-electron chi connectivity index (χ2n) is 5.41. The van der Waals surface area contributed by atoms with Gasteiger partial charge in [-0.05, 0) is 67.5 Å². The third-order valence-corrected chi connectivity index (χ3v) is 4.34. The minimum absolute atomic E-state index is 0.350. The minimum Gasteiger partial charge on any atom is -0.490 e. The maximum Gasteiger partial charge on any atom is 0.186 e. The third kappa shape index (κ3) is 6.90. The van der Waals surface area contributed by atoms with Crippen molar-refractivity contribution in [2.45, 2.75) is 20.5 Å². The van der Waals surface area contributed by atoms with Gasteiger partial charge in [-0.25, -0.2) is 0 Å². The SMILES string of the molecule is CCNC(=S)N/N=C\c1ccc(OCc2ccc(Cl)c(Cl)c2)c(OCC)c1. The van der Waals surface area contributed by atoms with E-state index >= 15 is 0 Å². The molecule has 0 saturated carbocycles. The smallest absolute Gasteiger partial charge is 0.186 e. The number of rotatable bonds is 8. The van der Waals surface area contributed by atoms with E-state index in [-0.39, 0.29) is 0 Å². The Morgan fingerprint density at radius 1 is 1.07 bits per heavy atom. The molecule has 0 aliphatic carbocycles. The highest BCUT2D eigenvalue weighted by atomic mass is 35.5. The monoisotopic (exact) mass is 425 g/mol. The molecule has 0 atom stereocenters. The Morgan fingerprint density at radius 3 is 2.59 bits per heavy atom. The second-order valence-corrected chi connectivity index (χ2v) is 6.63. The molecule has 2 aromatic rings. The second kappa shape index (κ2) is 11.0. The van der Waals surface area contributed by atoms with Crippen LogP contribution in [0.2, 0.25) is 10.0 Å². The summed E-state index contributed by atoms with van der Waals surface area (Å²) in [5.74, 6) is 1.27. The van der Waals surface area contributed by atoms with Crippen LogP contribution in [0.15, 0.2) is 41.5 Å². The number of benzene rings is 2. The fourth-order valence-corrected chi connectivity index (χ4v) is 2.67. The Hall–Kier alpha value is -2.02. The van der Waals surface area contributed by atoms with Gasteiger partial charge in [0, 0.05) is 6.54 Å². The lowest BCUT2D eigenvalue weighted by Gasteiger charge is -2.13. The predicted octanol–water partition coefficient (Wildman–Crippen LogP) is 4.79. The van der Waals surface area contributed by atoms with E-state index in [1.54, 1.807) is 18.3 Å². The van der Waals surface area contributed by atoms with Crippen molar-refractivity contribution in [1.29, 1.82) is 0 Å². The van der Waals surface area contributed by atoms with Crippen LogP contribution < -0.4 is 20.2 Å². The highest BCUT2D eigenvalue weighted by Gasteiger charge is 2.07. The van der Waals surface area contributed by atoms with E-state index in [1.165, 1.54) is 0 Å². The van der Waals surface area contributed by atoms with Crippen molar-refractivity contribution in [2.75, 3.05) is 13.2 Å². The number of hydrazone groups is 1. The summed E-state index contributed by atoms with van der Waals surface area (Å²) in [6.07, 6.45) is 1.66. The van der Waals surface area contributed by atoms with Crippen LogP contribution in [0, 0.1) is 0 Å². The average molecular weight is 426 g/mol. The molecule has 144 valence electrons. The molecule has 2 N–H and O–H groups in total. The van der Waals surface area contributed by atoms with Crippen molar-refractivity contribution in [2.24, 2.45) is 5.10 Å². The first-order valence-corrected chi connectivity index (χ1v) is 9.60. The number of hydrogen-bond acceptors (Lipinski definition) is 4. The number of thiocarbonyl (C=S) groups is 1. The molecular formula is C19H21Cl2N3O2S. The van der Waals surface area contributed by atoms with Crippen LogP contribution >= 0.6 is 35.4 Å². The zero-order valence-electron chi connectivity index (χ0n) is 15.1. The molecule has 0 amide bonds. The Kier molecular flexibility index (Phi) is 8.64.